The van der Waals surface area contributed by atoms with Crippen LogP contribution in [0.1, 0.15) is 18.4 Å². The Labute approximate surface area is 170 Å². The SMILES string of the molecule is COc1ccc(Br)cc1Cn1c(=O)[nH]c2cnc(NCC3CCNCC3)nc21. The minimum atomic E-state index is -0.221. The van der Waals surface area contributed by atoms with Gasteiger partial charge in [-0.1, -0.05) is 15.9 Å². The van der Waals surface area contributed by atoms with Crippen LogP contribution in [0.3, 0.4) is 0 Å². The van der Waals surface area contributed by atoms with Gasteiger partial charge in [0.1, 0.15) is 11.3 Å². The summed E-state index contributed by atoms with van der Waals surface area (Å²) in [5.41, 5.74) is 1.87. The first-order valence-corrected chi connectivity index (χ1v) is 10.2. The highest BCUT2D eigenvalue weighted by molar-refractivity contribution is 9.10. The number of methoxy groups -OCH3 is 1. The topological polar surface area (TPSA) is 96.9 Å². The van der Waals surface area contributed by atoms with E-state index in [1.54, 1.807) is 17.9 Å². The second-order valence-electron chi connectivity index (χ2n) is 6.98. The molecule has 1 saturated heterocycles. The number of halogens is 1. The van der Waals surface area contributed by atoms with E-state index >= 15 is 0 Å². The lowest BCUT2D eigenvalue weighted by Crippen LogP contribution is -2.31. The fourth-order valence-electron chi connectivity index (χ4n) is 3.54. The van der Waals surface area contributed by atoms with Crippen LogP contribution in [0.15, 0.2) is 33.7 Å². The van der Waals surface area contributed by atoms with Crippen LogP contribution in [0, 0.1) is 5.92 Å². The Bertz CT molecular complexity index is 1020. The van der Waals surface area contributed by atoms with Crippen LogP contribution in [0.25, 0.3) is 11.2 Å². The molecule has 148 valence electrons. The van der Waals surface area contributed by atoms with Gasteiger partial charge in [-0.15, -0.1) is 0 Å². The van der Waals surface area contributed by atoms with E-state index in [9.17, 15) is 4.79 Å². The molecule has 0 aliphatic carbocycles. The number of aromatic amines is 1. The number of rotatable bonds is 6. The zero-order chi connectivity index (χ0) is 19.5. The summed E-state index contributed by atoms with van der Waals surface area (Å²) in [4.78, 5) is 24.3. The number of imidazole rings is 1. The summed E-state index contributed by atoms with van der Waals surface area (Å²) in [6, 6.07) is 5.73. The Hall–Kier alpha value is -2.39. The van der Waals surface area contributed by atoms with Crippen molar-refractivity contribution in [3.63, 3.8) is 0 Å². The number of piperidine rings is 1. The Morgan fingerprint density at radius 2 is 2.18 bits per heavy atom. The van der Waals surface area contributed by atoms with Crippen LogP contribution in [-0.2, 0) is 6.54 Å². The monoisotopic (exact) mass is 446 g/mol. The normalized spacial score (nSPS) is 15.1. The number of hydrogen-bond donors (Lipinski definition) is 3. The average molecular weight is 447 g/mol. The molecule has 2 aromatic heterocycles. The molecule has 1 aliphatic heterocycles. The number of H-pyrrole nitrogens is 1. The Balaban J connectivity index is 1.60. The maximum absolute atomic E-state index is 12.5. The Morgan fingerprint density at radius 3 is 2.96 bits per heavy atom. The molecule has 1 fully saturated rings. The summed E-state index contributed by atoms with van der Waals surface area (Å²) in [5, 5.41) is 6.70. The lowest BCUT2D eigenvalue weighted by atomic mass is 9.98. The third kappa shape index (κ3) is 4.05. The third-order valence-electron chi connectivity index (χ3n) is 5.09. The first-order chi connectivity index (χ1) is 13.6. The molecule has 1 aliphatic rings. The highest BCUT2D eigenvalue weighted by Crippen LogP contribution is 2.24. The van der Waals surface area contributed by atoms with Crippen molar-refractivity contribution in [1.29, 1.82) is 0 Å². The molecule has 0 atom stereocenters. The van der Waals surface area contributed by atoms with E-state index in [2.05, 4.69) is 41.5 Å². The molecule has 0 radical (unpaired) electrons. The quantitative estimate of drug-likeness (QED) is 0.537. The predicted octanol–water partition coefficient (Wildman–Crippen LogP) is 2.35. The van der Waals surface area contributed by atoms with E-state index in [-0.39, 0.29) is 5.69 Å². The van der Waals surface area contributed by atoms with Crippen molar-refractivity contribution in [2.75, 3.05) is 32.1 Å². The van der Waals surface area contributed by atoms with Crippen LogP contribution >= 0.6 is 15.9 Å². The molecule has 0 saturated carbocycles. The van der Waals surface area contributed by atoms with Crippen molar-refractivity contribution in [3.8, 4) is 5.75 Å². The molecule has 0 amide bonds. The molecule has 3 heterocycles. The number of nitrogens with zero attached hydrogens (tertiary/aromatic N) is 3. The molecule has 1 aromatic carbocycles. The maximum atomic E-state index is 12.5. The van der Waals surface area contributed by atoms with Crippen molar-refractivity contribution in [2.45, 2.75) is 19.4 Å². The minimum Gasteiger partial charge on any atom is -0.496 e. The van der Waals surface area contributed by atoms with Crippen molar-refractivity contribution in [3.05, 3.63) is 44.9 Å². The lowest BCUT2D eigenvalue weighted by molar-refractivity contribution is 0.389. The van der Waals surface area contributed by atoms with Gasteiger partial charge < -0.3 is 20.4 Å². The zero-order valence-electron chi connectivity index (χ0n) is 15.7. The van der Waals surface area contributed by atoms with Gasteiger partial charge in [0.2, 0.25) is 5.95 Å². The molecule has 4 rings (SSSR count). The number of ether oxygens (including phenoxy) is 1. The second kappa shape index (κ2) is 8.32. The summed E-state index contributed by atoms with van der Waals surface area (Å²) in [6.45, 7) is 3.30. The van der Waals surface area contributed by atoms with E-state index in [0.29, 0.717) is 29.6 Å². The number of fused-ring (bicyclic) bond motifs is 1. The summed E-state index contributed by atoms with van der Waals surface area (Å²) in [7, 11) is 1.62. The largest absolute Gasteiger partial charge is 0.496 e. The minimum absolute atomic E-state index is 0.221. The van der Waals surface area contributed by atoms with Gasteiger partial charge in [-0.3, -0.25) is 4.57 Å². The molecule has 0 unspecified atom stereocenters. The lowest BCUT2D eigenvalue weighted by Gasteiger charge is -2.22. The summed E-state index contributed by atoms with van der Waals surface area (Å²) in [5.74, 6) is 1.88. The second-order valence-corrected chi connectivity index (χ2v) is 7.89. The molecule has 3 aromatic rings. The summed E-state index contributed by atoms with van der Waals surface area (Å²) >= 11 is 3.48. The summed E-state index contributed by atoms with van der Waals surface area (Å²) in [6.07, 6.45) is 3.95. The Kier molecular flexibility index (Phi) is 5.63. The molecule has 0 spiro atoms. The maximum Gasteiger partial charge on any atom is 0.328 e. The molecular weight excluding hydrogens is 424 g/mol. The number of anilines is 1. The highest BCUT2D eigenvalue weighted by atomic mass is 79.9. The van der Waals surface area contributed by atoms with E-state index in [1.165, 1.54) is 0 Å². The van der Waals surface area contributed by atoms with Crippen LogP contribution in [-0.4, -0.2) is 46.3 Å². The van der Waals surface area contributed by atoms with E-state index in [4.69, 9.17) is 4.74 Å². The van der Waals surface area contributed by atoms with Gasteiger partial charge in [0, 0.05) is 16.6 Å². The van der Waals surface area contributed by atoms with Gasteiger partial charge >= 0.3 is 5.69 Å². The molecule has 28 heavy (non-hydrogen) atoms. The van der Waals surface area contributed by atoms with Crippen LogP contribution in [0.4, 0.5) is 5.95 Å². The molecule has 8 nitrogen and oxygen atoms in total. The summed E-state index contributed by atoms with van der Waals surface area (Å²) < 4.78 is 7.97. The third-order valence-corrected chi connectivity index (χ3v) is 5.58. The van der Waals surface area contributed by atoms with E-state index < -0.39 is 0 Å². The van der Waals surface area contributed by atoms with Crippen molar-refractivity contribution < 1.29 is 4.74 Å². The number of benzene rings is 1. The van der Waals surface area contributed by atoms with Gasteiger partial charge in [-0.2, -0.15) is 4.98 Å². The first-order valence-electron chi connectivity index (χ1n) is 9.36. The highest BCUT2D eigenvalue weighted by Gasteiger charge is 2.15. The predicted molar refractivity (Wildman–Crippen MR) is 112 cm³/mol. The molecule has 0 bridgehead atoms. The van der Waals surface area contributed by atoms with Gasteiger partial charge in [0.05, 0.1) is 19.9 Å². The molecular formula is C19H23BrN6O2. The van der Waals surface area contributed by atoms with E-state index in [0.717, 1.165) is 48.3 Å². The van der Waals surface area contributed by atoms with Crippen LogP contribution < -0.4 is 21.1 Å². The fourth-order valence-corrected chi connectivity index (χ4v) is 3.95. The van der Waals surface area contributed by atoms with Gasteiger partial charge in [0.15, 0.2) is 5.65 Å². The van der Waals surface area contributed by atoms with Crippen LogP contribution in [0.2, 0.25) is 0 Å². The standard InChI is InChI=1S/C19H23BrN6O2/c1-28-16-3-2-14(20)8-13(16)11-26-17-15(24-19(26)27)10-23-18(25-17)22-9-12-4-6-21-7-5-12/h2-3,8,10,12,21H,4-7,9,11H2,1H3,(H,24,27)(H,22,23,25). The van der Waals surface area contributed by atoms with E-state index in [1.807, 2.05) is 18.2 Å². The van der Waals surface area contributed by atoms with Crippen molar-refractivity contribution in [2.24, 2.45) is 5.92 Å². The fraction of sp³-hybridized carbons (Fsp3) is 0.421. The average Bonchev–Trinajstić information content (AvgIpc) is 3.02. The zero-order valence-corrected chi connectivity index (χ0v) is 17.3. The number of hydrogen-bond acceptors (Lipinski definition) is 6. The Morgan fingerprint density at radius 1 is 1.36 bits per heavy atom. The van der Waals surface area contributed by atoms with Crippen molar-refractivity contribution in [1.82, 2.24) is 24.8 Å². The van der Waals surface area contributed by atoms with Gasteiger partial charge in [-0.25, -0.2) is 9.78 Å². The number of nitrogens with one attached hydrogen (secondary N) is 3. The number of aromatic nitrogens is 4. The van der Waals surface area contributed by atoms with Gasteiger partial charge in [0.25, 0.3) is 0 Å². The smallest absolute Gasteiger partial charge is 0.328 e. The van der Waals surface area contributed by atoms with Gasteiger partial charge in [-0.05, 0) is 50.0 Å². The first kappa shape index (κ1) is 18.9. The van der Waals surface area contributed by atoms with Crippen molar-refractivity contribution >= 4 is 33.0 Å². The van der Waals surface area contributed by atoms with Crippen LogP contribution in [0.5, 0.6) is 5.75 Å². The molecule has 3 N–H and O–H groups in total. The molecule has 9 heteroatoms.